The van der Waals surface area contributed by atoms with Crippen LogP contribution in [0.25, 0.3) is 11.1 Å². The van der Waals surface area contributed by atoms with Gasteiger partial charge in [0, 0.05) is 49.9 Å². The number of hydrogen-bond acceptors (Lipinski definition) is 5. The van der Waals surface area contributed by atoms with Gasteiger partial charge < -0.3 is 4.74 Å². The van der Waals surface area contributed by atoms with Crippen molar-refractivity contribution in [3.8, 4) is 16.9 Å². The van der Waals surface area contributed by atoms with E-state index >= 15 is 0 Å². The first-order valence-electron chi connectivity index (χ1n) is 9.68. The molecule has 0 radical (unpaired) electrons. The lowest BCUT2D eigenvalue weighted by molar-refractivity contribution is 0.316. The first-order valence-corrected chi connectivity index (χ1v) is 11.2. The molecule has 0 N–H and O–H groups in total. The van der Waals surface area contributed by atoms with Crippen LogP contribution in [0.5, 0.6) is 5.75 Å². The van der Waals surface area contributed by atoms with Crippen LogP contribution in [0.3, 0.4) is 0 Å². The number of sulfone groups is 1. The Hall–Kier alpha value is -2.64. The van der Waals surface area contributed by atoms with Gasteiger partial charge in [-0.25, -0.2) is 8.42 Å². The molecule has 0 saturated carbocycles. The molecule has 150 valence electrons. The van der Waals surface area contributed by atoms with Gasteiger partial charge in [-0.15, -0.1) is 0 Å². The Balaban J connectivity index is 1.47. The Morgan fingerprint density at radius 3 is 2.72 bits per heavy atom. The molecule has 0 bridgehead atoms. The summed E-state index contributed by atoms with van der Waals surface area (Å²) in [7, 11) is 0.232. The zero-order valence-corrected chi connectivity index (χ0v) is 17.3. The molecule has 29 heavy (non-hydrogen) atoms. The summed E-state index contributed by atoms with van der Waals surface area (Å²) in [6.45, 7) is 1.96. The number of ether oxygens (including phenoxy) is 1. The van der Waals surface area contributed by atoms with Gasteiger partial charge in [0.05, 0.1) is 23.5 Å². The maximum Gasteiger partial charge on any atom is 0.183 e. The first-order chi connectivity index (χ1) is 14.0. The van der Waals surface area contributed by atoms with E-state index in [1.807, 2.05) is 55.8 Å². The highest BCUT2D eigenvalue weighted by Crippen LogP contribution is 2.46. The summed E-state index contributed by atoms with van der Waals surface area (Å²) in [5.74, 6) is 0.841. The van der Waals surface area contributed by atoms with Crippen LogP contribution >= 0.6 is 0 Å². The molecule has 1 fully saturated rings. The van der Waals surface area contributed by atoms with Crippen molar-refractivity contribution < 1.29 is 13.2 Å². The van der Waals surface area contributed by atoms with Crippen molar-refractivity contribution in [3.05, 3.63) is 66.0 Å². The minimum atomic E-state index is -3.31. The van der Waals surface area contributed by atoms with Crippen LogP contribution in [-0.2, 0) is 23.4 Å². The zero-order chi connectivity index (χ0) is 20.2. The van der Waals surface area contributed by atoms with E-state index in [0.29, 0.717) is 18.0 Å². The van der Waals surface area contributed by atoms with Crippen molar-refractivity contribution in [2.24, 2.45) is 7.05 Å². The van der Waals surface area contributed by atoms with Crippen molar-refractivity contribution >= 4 is 9.84 Å². The van der Waals surface area contributed by atoms with Gasteiger partial charge in [-0.1, -0.05) is 24.3 Å². The van der Waals surface area contributed by atoms with Crippen LogP contribution in [0.4, 0.5) is 0 Å². The second-order valence-corrected chi connectivity index (χ2v) is 9.99. The summed E-state index contributed by atoms with van der Waals surface area (Å²) >= 11 is 0. The number of likely N-dealkylation sites (tertiary alicyclic amines) is 1. The molecule has 6 nitrogen and oxygen atoms in total. The van der Waals surface area contributed by atoms with Crippen LogP contribution in [-0.4, -0.2) is 48.5 Å². The van der Waals surface area contributed by atoms with Gasteiger partial charge in [0.1, 0.15) is 5.75 Å². The third-order valence-electron chi connectivity index (χ3n) is 6.08. The number of para-hydroxylation sites is 1. The number of aromatic nitrogens is 2. The molecule has 5 rings (SSSR count). The van der Waals surface area contributed by atoms with Gasteiger partial charge >= 0.3 is 0 Å². The highest BCUT2D eigenvalue weighted by Gasteiger charge is 2.50. The molecule has 3 heterocycles. The second-order valence-electron chi connectivity index (χ2n) is 7.85. The third-order valence-corrected chi connectivity index (χ3v) is 8.34. The number of aryl methyl sites for hydroxylation is 1. The van der Waals surface area contributed by atoms with Gasteiger partial charge in [-0.05, 0) is 29.3 Å². The van der Waals surface area contributed by atoms with Crippen LogP contribution in [0.15, 0.2) is 59.8 Å². The van der Waals surface area contributed by atoms with Crippen LogP contribution in [0.1, 0.15) is 17.0 Å². The summed E-state index contributed by atoms with van der Waals surface area (Å²) in [4.78, 5) is 2.72. The highest BCUT2D eigenvalue weighted by molar-refractivity contribution is 7.92. The normalized spacial score (nSPS) is 22.4. The molecule has 1 saturated heterocycles. The van der Waals surface area contributed by atoms with Crippen LogP contribution in [0.2, 0.25) is 0 Å². The van der Waals surface area contributed by atoms with Crippen molar-refractivity contribution in [1.29, 1.82) is 0 Å². The largest absolute Gasteiger partial charge is 0.496 e. The van der Waals surface area contributed by atoms with Gasteiger partial charge in [0.2, 0.25) is 0 Å². The average Bonchev–Trinajstić information content (AvgIpc) is 3.39. The monoisotopic (exact) mass is 409 g/mol. The Bertz CT molecular complexity index is 1190. The summed E-state index contributed by atoms with van der Waals surface area (Å²) in [5, 5.41) is 3.86. The number of hydrogen-bond donors (Lipinski definition) is 0. The molecule has 0 spiro atoms. The van der Waals surface area contributed by atoms with Crippen molar-refractivity contribution in [3.63, 3.8) is 0 Å². The van der Waals surface area contributed by atoms with E-state index in [1.165, 1.54) is 0 Å². The molecule has 7 heteroatoms. The Morgan fingerprint density at radius 2 is 1.97 bits per heavy atom. The van der Waals surface area contributed by atoms with Crippen molar-refractivity contribution in [1.82, 2.24) is 14.7 Å². The van der Waals surface area contributed by atoms with Crippen LogP contribution < -0.4 is 4.74 Å². The molecular formula is C22H23N3O3S. The zero-order valence-electron chi connectivity index (χ0n) is 16.4. The van der Waals surface area contributed by atoms with E-state index in [2.05, 4.69) is 10.00 Å². The molecule has 0 unspecified atom stereocenters. The summed E-state index contributed by atoms with van der Waals surface area (Å²) < 4.78 is 33.6. The Morgan fingerprint density at radius 1 is 1.14 bits per heavy atom. The van der Waals surface area contributed by atoms with Crippen molar-refractivity contribution in [2.75, 3.05) is 20.2 Å². The molecule has 2 aliphatic heterocycles. The Kier molecular flexibility index (Phi) is 4.26. The minimum absolute atomic E-state index is 0.00123. The molecule has 2 aromatic carbocycles. The van der Waals surface area contributed by atoms with E-state index in [9.17, 15) is 8.42 Å². The first kappa shape index (κ1) is 18.4. The fourth-order valence-electron chi connectivity index (χ4n) is 4.68. The van der Waals surface area contributed by atoms with E-state index in [-0.39, 0.29) is 11.2 Å². The fourth-order valence-corrected chi connectivity index (χ4v) is 6.87. The topological polar surface area (TPSA) is 64.4 Å². The van der Waals surface area contributed by atoms with Crippen molar-refractivity contribution in [2.45, 2.75) is 22.6 Å². The van der Waals surface area contributed by atoms with E-state index in [1.54, 1.807) is 17.9 Å². The summed E-state index contributed by atoms with van der Waals surface area (Å²) in [6, 6.07) is 13.6. The molecule has 3 aromatic rings. The number of methoxy groups -OCH3 is 1. The maximum atomic E-state index is 13.2. The van der Waals surface area contributed by atoms with Gasteiger partial charge in [0.15, 0.2) is 9.84 Å². The average molecular weight is 410 g/mol. The highest BCUT2D eigenvalue weighted by atomic mass is 32.2. The minimum Gasteiger partial charge on any atom is -0.496 e. The standard InChI is InChI=1S/C22H23N3O3S/c1-24-11-17(10-23-24)15-7-8-21-18(9-15)19-13-25(14-22(19)29(21,26)27)12-16-5-3-4-6-20(16)28-2/h3-11,19,22H,12-14H2,1-2H3/t19-,22+/m1/s1. The lowest BCUT2D eigenvalue weighted by atomic mass is 9.95. The molecule has 2 aliphatic rings. The van der Waals surface area contributed by atoms with Gasteiger partial charge in [-0.2, -0.15) is 5.10 Å². The smallest absolute Gasteiger partial charge is 0.183 e. The van der Waals surface area contributed by atoms with E-state index < -0.39 is 9.84 Å². The molecule has 1 aromatic heterocycles. The molecule has 2 atom stereocenters. The molecule has 0 amide bonds. The predicted octanol–water partition coefficient (Wildman–Crippen LogP) is 2.85. The molecular weight excluding hydrogens is 386 g/mol. The second kappa shape index (κ2) is 6.71. The summed E-state index contributed by atoms with van der Waals surface area (Å²) in [6.07, 6.45) is 3.76. The SMILES string of the molecule is COc1ccccc1CN1C[C@@H]2c3cc(-c4cnn(C)c4)ccc3S(=O)(=O)[C@H]2C1. The van der Waals surface area contributed by atoms with Gasteiger partial charge in [-0.3, -0.25) is 9.58 Å². The van der Waals surface area contributed by atoms with E-state index in [0.717, 1.165) is 34.5 Å². The van der Waals surface area contributed by atoms with E-state index in [4.69, 9.17) is 4.74 Å². The number of nitrogens with zero attached hydrogens (tertiary/aromatic N) is 3. The van der Waals surface area contributed by atoms with Crippen LogP contribution in [0, 0.1) is 0 Å². The fraction of sp³-hybridized carbons (Fsp3) is 0.318. The Labute approximate surface area is 170 Å². The lowest BCUT2D eigenvalue weighted by Crippen LogP contribution is -2.26. The van der Waals surface area contributed by atoms with Gasteiger partial charge in [0.25, 0.3) is 0 Å². The number of fused-ring (bicyclic) bond motifs is 3. The third kappa shape index (κ3) is 2.96. The predicted molar refractivity (Wildman–Crippen MR) is 111 cm³/mol. The lowest BCUT2D eigenvalue weighted by Gasteiger charge is -2.19. The quantitative estimate of drug-likeness (QED) is 0.663. The maximum absolute atomic E-state index is 13.2. The summed E-state index contributed by atoms with van der Waals surface area (Å²) in [5.41, 5.74) is 4.03. The number of rotatable bonds is 4. The number of benzene rings is 2. The molecule has 0 aliphatic carbocycles.